The largest absolute Gasteiger partial charge is 0.458 e. The number of ether oxygens (including phenoxy) is 1. The van der Waals surface area contributed by atoms with Crippen molar-refractivity contribution >= 4 is 11.8 Å². The molecule has 1 heterocycles. The maximum atomic E-state index is 11.5. The third-order valence-corrected chi connectivity index (χ3v) is 4.04. The van der Waals surface area contributed by atoms with Gasteiger partial charge in [-0.3, -0.25) is 0 Å². The fourth-order valence-electron chi connectivity index (χ4n) is 2.83. The second kappa shape index (κ2) is 5.09. The van der Waals surface area contributed by atoms with Crippen molar-refractivity contribution in [3.8, 4) is 0 Å². The fraction of sp³-hybridized carbons (Fsp3) is 0.600. The summed E-state index contributed by atoms with van der Waals surface area (Å²) in [5, 5.41) is 0. The van der Waals surface area contributed by atoms with E-state index in [1.165, 1.54) is 5.57 Å². The van der Waals surface area contributed by atoms with E-state index < -0.39 is 0 Å². The van der Waals surface area contributed by atoms with Gasteiger partial charge in [-0.1, -0.05) is 25.2 Å². The predicted molar refractivity (Wildman–Crippen MR) is 68.9 cm³/mol. The van der Waals surface area contributed by atoms with Gasteiger partial charge in [-0.2, -0.15) is 0 Å². The van der Waals surface area contributed by atoms with E-state index in [-0.39, 0.29) is 23.8 Å². The molecule has 1 aliphatic heterocycles. The molecule has 0 aromatic carbocycles. The second-order valence-corrected chi connectivity index (χ2v) is 5.43. The average Bonchev–Trinajstić information content (AvgIpc) is 2.46. The molecule has 3 heteroatoms. The topological polar surface area (TPSA) is 43.4 Å². The fourth-order valence-corrected chi connectivity index (χ4v) is 2.83. The van der Waals surface area contributed by atoms with Crippen LogP contribution in [0.1, 0.15) is 39.5 Å². The third kappa shape index (κ3) is 2.55. The Kier molecular flexibility index (Phi) is 3.69. The molecule has 3 atom stereocenters. The lowest BCUT2D eigenvalue weighted by atomic mass is 9.90. The van der Waals surface area contributed by atoms with E-state index >= 15 is 0 Å². The SMILES string of the molecule is C=C1C(=O)O[C@@H]2C[C@H](C)C(CCC(C)=O)=CC[C@@H]12. The van der Waals surface area contributed by atoms with Crippen LogP contribution in [0.5, 0.6) is 0 Å². The summed E-state index contributed by atoms with van der Waals surface area (Å²) in [4.78, 5) is 22.5. The smallest absolute Gasteiger partial charge is 0.334 e. The number of hydrogen-bond donors (Lipinski definition) is 0. The summed E-state index contributed by atoms with van der Waals surface area (Å²) < 4.78 is 5.36. The van der Waals surface area contributed by atoms with Crippen LogP contribution in [0.2, 0.25) is 0 Å². The maximum absolute atomic E-state index is 11.5. The summed E-state index contributed by atoms with van der Waals surface area (Å²) in [5.41, 5.74) is 1.93. The molecule has 3 nitrogen and oxygen atoms in total. The number of hydrogen-bond acceptors (Lipinski definition) is 3. The molecule has 0 bridgehead atoms. The molecule has 0 aromatic rings. The van der Waals surface area contributed by atoms with Crippen molar-refractivity contribution in [1.29, 1.82) is 0 Å². The van der Waals surface area contributed by atoms with E-state index in [0.29, 0.717) is 17.9 Å². The second-order valence-electron chi connectivity index (χ2n) is 5.43. The Morgan fingerprint density at radius 2 is 2.28 bits per heavy atom. The van der Waals surface area contributed by atoms with Crippen LogP contribution >= 0.6 is 0 Å². The standard InChI is InChI=1S/C15H20O3/c1-9-8-14-13(11(3)15(17)18-14)7-6-12(9)5-4-10(2)16/h6,9,13-14H,3-5,7-8H2,1-2H3/t9-,13-,14+/m0/s1. The minimum atomic E-state index is -0.238. The molecule has 1 fully saturated rings. The Morgan fingerprint density at radius 3 is 2.94 bits per heavy atom. The van der Waals surface area contributed by atoms with Gasteiger partial charge in [0.05, 0.1) is 0 Å². The van der Waals surface area contributed by atoms with Gasteiger partial charge in [-0.15, -0.1) is 0 Å². The lowest BCUT2D eigenvalue weighted by Crippen LogP contribution is -2.17. The zero-order valence-corrected chi connectivity index (χ0v) is 11.1. The third-order valence-electron chi connectivity index (χ3n) is 4.04. The van der Waals surface area contributed by atoms with E-state index in [1.54, 1.807) is 6.92 Å². The molecule has 0 unspecified atom stereocenters. The van der Waals surface area contributed by atoms with E-state index in [9.17, 15) is 9.59 Å². The van der Waals surface area contributed by atoms with Crippen LogP contribution in [0.3, 0.4) is 0 Å². The summed E-state index contributed by atoms with van der Waals surface area (Å²) >= 11 is 0. The van der Waals surface area contributed by atoms with Crippen LogP contribution in [0.25, 0.3) is 0 Å². The average molecular weight is 248 g/mol. The molecule has 2 rings (SSSR count). The first-order valence-electron chi connectivity index (χ1n) is 6.57. The van der Waals surface area contributed by atoms with Crippen LogP contribution < -0.4 is 0 Å². The summed E-state index contributed by atoms with van der Waals surface area (Å²) in [6.07, 6.45) is 5.26. The van der Waals surface area contributed by atoms with Crippen LogP contribution in [0, 0.1) is 11.8 Å². The van der Waals surface area contributed by atoms with Crippen LogP contribution in [-0.2, 0) is 14.3 Å². The number of rotatable bonds is 3. The van der Waals surface area contributed by atoms with Crippen molar-refractivity contribution in [2.45, 2.75) is 45.6 Å². The van der Waals surface area contributed by atoms with Crippen LogP contribution in [0.15, 0.2) is 23.8 Å². The van der Waals surface area contributed by atoms with Gasteiger partial charge < -0.3 is 9.53 Å². The van der Waals surface area contributed by atoms with Gasteiger partial charge in [0, 0.05) is 17.9 Å². The first kappa shape index (κ1) is 13.1. The van der Waals surface area contributed by atoms with Crippen LogP contribution in [0.4, 0.5) is 0 Å². The van der Waals surface area contributed by atoms with Gasteiger partial charge in [0.2, 0.25) is 0 Å². The Labute approximate surface area is 108 Å². The summed E-state index contributed by atoms with van der Waals surface area (Å²) in [6.45, 7) is 7.60. The van der Waals surface area contributed by atoms with Crippen molar-refractivity contribution in [2.75, 3.05) is 0 Å². The van der Waals surface area contributed by atoms with Crippen molar-refractivity contribution in [2.24, 2.45) is 11.8 Å². The molecular formula is C15H20O3. The highest BCUT2D eigenvalue weighted by Crippen LogP contribution is 2.39. The highest BCUT2D eigenvalue weighted by Gasteiger charge is 2.40. The minimum absolute atomic E-state index is 0.0221. The van der Waals surface area contributed by atoms with Gasteiger partial charge in [-0.05, 0) is 32.1 Å². The van der Waals surface area contributed by atoms with Crippen LogP contribution in [-0.4, -0.2) is 17.9 Å². The Balaban J connectivity index is 2.08. The molecule has 0 spiro atoms. The number of fused-ring (bicyclic) bond motifs is 1. The molecule has 2 aliphatic rings. The lowest BCUT2D eigenvalue weighted by Gasteiger charge is -2.18. The first-order chi connectivity index (χ1) is 8.49. The summed E-state index contributed by atoms with van der Waals surface area (Å²) in [7, 11) is 0. The molecule has 0 N–H and O–H groups in total. The van der Waals surface area contributed by atoms with Crippen molar-refractivity contribution in [3.63, 3.8) is 0 Å². The molecule has 0 aromatic heterocycles. The molecule has 18 heavy (non-hydrogen) atoms. The van der Waals surface area contributed by atoms with Crippen molar-refractivity contribution < 1.29 is 14.3 Å². The quantitative estimate of drug-likeness (QED) is 0.438. The maximum Gasteiger partial charge on any atom is 0.334 e. The molecule has 1 aliphatic carbocycles. The van der Waals surface area contributed by atoms with Gasteiger partial charge in [-0.25, -0.2) is 4.79 Å². The molecule has 0 amide bonds. The number of carbonyl (C=O) groups is 2. The van der Waals surface area contributed by atoms with E-state index in [0.717, 1.165) is 19.3 Å². The summed E-state index contributed by atoms with van der Waals surface area (Å²) in [5.74, 6) is 0.494. The van der Waals surface area contributed by atoms with Gasteiger partial charge in [0.1, 0.15) is 11.9 Å². The predicted octanol–water partition coefficient (Wildman–Crippen LogP) is 2.81. The minimum Gasteiger partial charge on any atom is -0.458 e. The van der Waals surface area contributed by atoms with E-state index in [2.05, 4.69) is 19.6 Å². The van der Waals surface area contributed by atoms with Gasteiger partial charge in [0.25, 0.3) is 0 Å². The van der Waals surface area contributed by atoms with Gasteiger partial charge >= 0.3 is 5.97 Å². The van der Waals surface area contributed by atoms with E-state index in [1.807, 2.05) is 0 Å². The first-order valence-corrected chi connectivity index (χ1v) is 6.57. The molecule has 98 valence electrons. The molecule has 0 radical (unpaired) electrons. The Hall–Kier alpha value is -1.38. The Bertz CT molecular complexity index is 419. The van der Waals surface area contributed by atoms with Gasteiger partial charge in [0.15, 0.2) is 0 Å². The highest BCUT2D eigenvalue weighted by atomic mass is 16.6. The van der Waals surface area contributed by atoms with E-state index in [4.69, 9.17) is 4.74 Å². The molecule has 0 saturated carbocycles. The number of allylic oxidation sites excluding steroid dienone is 2. The molecule has 1 saturated heterocycles. The monoisotopic (exact) mass is 248 g/mol. The molecular weight excluding hydrogens is 228 g/mol. The Morgan fingerprint density at radius 1 is 1.56 bits per heavy atom. The lowest BCUT2D eigenvalue weighted by molar-refractivity contribution is -0.139. The normalized spacial score (nSPS) is 31.4. The highest BCUT2D eigenvalue weighted by molar-refractivity contribution is 5.90. The van der Waals surface area contributed by atoms with Crippen molar-refractivity contribution in [1.82, 2.24) is 0 Å². The number of esters is 1. The zero-order chi connectivity index (χ0) is 13.3. The zero-order valence-electron chi connectivity index (χ0n) is 11.1. The summed E-state index contributed by atoms with van der Waals surface area (Å²) in [6, 6.07) is 0. The number of ketones is 1. The number of Topliss-reactive ketones (excluding diaryl/α,β-unsaturated/α-hetero) is 1. The number of carbonyl (C=O) groups excluding carboxylic acids is 2. The van der Waals surface area contributed by atoms with Crippen molar-refractivity contribution in [3.05, 3.63) is 23.8 Å².